The fourth-order valence-corrected chi connectivity index (χ4v) is 2.27. The highest BCUT2D eigenvalue weighted by Crippen LogP contribution is 2.11. The fourth-order valence-electron chi connectivity index (χ4n) is 2.27. The van der Waals surface area contributed by atoms with Gasteiger partial charge in [-0.1, -0.05) is 6.92 Å². The van der Waals surface area contributed by atoms with Crippen molar-refractivity contribution in [1.82, 2.24) is 15.5 Å². The van der Waals surface area contributed by atoms with Crippen molar-refractivity contribution in [3.05, 3.63) is 0 Å². The number of ether oxygens (including phenoxy) is 1. The van der Waals surface area contributed by atoms with Crippen LogP contribution in [0.15, 0.2) is 0 Å². The third-order valence-corrected chi connectivity index (χ3v) is 3.73. The van der Waals surface area contributed by atoms with Gasteiger partial charge in [-0.3, -0.25) is 9.59 Å². The normalized spacial score (nSPS) is 16.8. The Hall–Kier alpha value is -1.79. The van der Waals surface area contributed by atoms with E-state index in [2.05, 4.69) is 10.6 Å². The zero-order valence-electron chi connectivity index (χ0n) is 13.7. The quantitative estimate of drug-likeness (QED) is 0.717. The van der Waals surface area contributed by atoms with Crippen molar-refractivity contribution in [3.8, 4) is 0 Å². The molecule has 0 radical (unpaired) electrons. The molecule has 1 heterocycles. The largest absolute Gasteiger partial charge is 0.450 e. The molecule has 1 fully saturated rings. The van der Waals surface area contributed by atoms with E-state index in [0.29, 0.717) is 32.5 Å². The lowest BCUT2D eigenvalue weighted by Gasteiger charge is -2.31. The van der Waals surface area contributed by atoms with Crippen molar-refractivity contribution in [1.29, 1.82) is 0 Å². The van der Waals surface area contributed by atoms with E-state index in [4.69, 9.17) is 4.74 Å². The average molecular weight is 313 g/mol. The molecule has 0 aromatic carbocycles. The summed E-state index contributed by atoms with van der Waals surface area (Å²) in [4.78, 5) is 36.7. The summed E-state index contributed by atoms with van der Waals surface area (Å²) in [5, 5.41) is 5.62. The molecule has 0 spiro atoms. The van der Waals surface area contributed by atoms with Crippen LogP contribution in [0.3, 0.4) is 0 Å². The summed E-state index contributed by atoms with van der Waals surface area (Å²) in [6, 6.07) is 0.0858. The number of amides is 3. The summed E-state index contributed by atoms with van der Waals surface area (Å²) in [6.45, 7) is 7.13. The maximum absolute atomic E-state index is 11.8. The third-order valence-electron chi connectivity index (χ3n) is 3.73. The predicted molar refractivity (Wildman–Crippen MR) is 82.3 cm³/mol. The van der Waals surface area contributed by atoms with Crippen molar-refractivity contribution < 1.29 is 19.1 Å². The topological polar surface area (TPSA) is 87.7 Å². The third kappa shape index (κ3) is 6.32. The zero-order chi connectivity index (χ0) is 16.5. The standard InChI is InChI=1S/C15H27N3O4/c1-4-11(3)16-13(19)10-14(20)17-12-6-8-18(9-7-12)15(21)22-5-2/h11-12H,4-10H2,1-3H3,(H,16,19)(H,17,20). The first-order valence-electron chi connectivity index (χ1n) is 7.96. The first-order valence-corrected chi connectivity index (χ1v) is 7.96. The second kappa shape index (κ2) is 9.27. The Morgan fingerprint density at radius 3 is 2.36 bits per heavy atom. The molecule has 1 unspecified atom stereocenters. The summed E-state index contributed by atoms with van der Waals surface area (Å²) in [7, 11) is 0. The van der Waals surface area contributed by atoms with Gasteiger partial charge in [-0.25, -0.2) is 4.79 Å². The first kappa shape index (κ1) is 18.3. The van der Waals surface area contributed by atoms with Crippen LogP contribution in [0.5, 0.6) is 0 Å². The smallest absolute Gasteiger partial charge is 0.409 e. The van der Waals surface area contributed by atoms with Crippen molar-refractivity contribution in [2.45, 2.75) is 58.5 Å². The van der Waals surface area contributed by atoms with Crippen LogP contribution in [-0.4, -0.2) is 54.6 Å². The number of nitrogens with one attached hydrogen (secondary N) is 2. The molecular weight excluding hydrogens is 286 g/mol. The molecular formula is C15H27N3O4. The number of carbonyl (C=O) groups excluding carboxylic acids is 3. The summed E-state index contributed by atoms with van der Waals surface area (Å²) in [6.07, 6.45) is 1.73. The summed E-state index contributed by atoms with van der Waals surface area (Å²) in [5.41, 5.74) is 0. The Bertz CT molecular complexity index is 392. The molecule has 1 rings (SSSR count). The second-order valence-electron chi connectivity index (χ2n) is 5.58. The number of hydrogen-bond acceptors (Lipinski definition) is 4. The van der Waals surface area contributed by atoms with E-state index in [1.165, 1.54) is 0 Å². The van der Waals surface area contributed by atoms with E-state index in [1.807, 2.05) is 13.8 Å². The van der Waals surface area contributed by atoms with Gasteiger partial charge in [0.25, 0.3) is 0 Å². The molecule has 7 nitrogen and oxygen atoms in total. The van der Waals surface area contributed by atoms with E-state index in [0.717, 1.165) is 6.42 Å². The van der Waals surface area contributed by atoms with Crippen molar-refractivity contribution in [2.24, 2.45) is 0 Å². The van der Waals surface area contributed by atoms with Crippen LogP contribution in [0, 0.1) is 0 Å². The van der Waals surface area contributed by atoms with Crippen molar-refractivity contribution in [2.75, 3.05) is 19.7 Å². The van der Waals surface area contributed by atoms with Crippen LogP contribution in [0.1, 0.15) is 46.5 Å². The number of carbonyl (C=O) groups is 3. The van der Waals surface area contributed by atoms with Gasteiger partial charge in [0, 0.05) is 25.2 Å². The molecule has 0 bridgehead atoms. The van der Waals surface area contributed by atoms with Gasteiger partial charge >= 0.3 is 6.09 Å². The highest BCUT2D eigenvalue weighted by Gasteiger charge is 2.25. The lowest BCUT2D eigenvalue weighted by atomic mass is 10.1. The SMILES string of the molecule is CCOC(=O)N1CCC(NC(=O)CC(=O)NC(C)CC)CC1. The highest BCUT2D eigenvalue weighted by molar-refractivity contribution is 5.97. The lowest BCUT2D eigenvalue weighted by molar-refractivity contribution is -0.130. The molecule has 2 N–H and O–H groups in total. The van der Waals surface area contributed by atoms with Gasteiger partial charge in [-0.2, -0.15) is 0 Å². The van der Waals surface area contributed by atoms with Crippen LogP contribution in [0.4, 0.5) is 4.79 Å². The maximum atomic E-state index is 11.8. The Kier molecular flexibility index (Phi) is 7.70. The maximum Gasteiger partial charge on any atom is 0.409 e. The van der Waals surface area contributed by atoms with Gasteiger partial charge < -0.3 is 20.3 Å². The molecule has 1 aliphatic heterocycles. The summed E-state index contributed by atoms with van der Waals surface area (Å²) in [5.74, 6) is -0.522. The molecule has 0 aromatic rings. The minimum absolute atomic E-state index is 0.00887. The Balaban J connectivity index is 2.27. The Morgan fingerprint density at radius 1 is 1.18 bits per heavy atom. The Morgan fingerprint density at radius 2 is 1.82 bits per heavy atom. The molecule has 0 aliphatic carbocycles. The second-order valence-corrected chi connectivity index (χ2v) is 5.58. The molecule has 1 saturated heterocycles. The van der Waals surface area contributed by atoms with Gasteiger partial charge in [-0.05, 0) is 33.1 Å². The summed E-state index contributed by atoms with van der Waals surface area (Å²) >= 11 is 0. The number of hydrogen-bond donors (Lipinski definition) is 2. The molecule has 1 aliphatic rings. The minimum atomic E-state index is -0.305. The monoisotopic (exact) mass is 313 g/mol. The molecule has 22 heavy (non-hydrogen) atoms. The molecule has 1 atom stereocenters. The molecule has 126 valence electrons. The number of rotatable bonds is 6. The minimum Gasteiger partial charge on any atom is -0.450 e. The van der Waals surface area contributed by atoms with Gasteiger partial charge in [0.1, 0.15) is 6.42 Å². The van der Waals surface area contributed by atoms with Crippen molar-refractivity contribution in [3.63, 3.8) is 0 Å². The van der Waals surface area contributed by atoms with Crippen LogP contribution in [0.25, 0.3) is 0 Å². The van der Waals surface area contributed by atoms with E-state index in [1.54, 1.807) is 11.8 Å². The number of nitrogens with zero attached hydrogens (tertiary/aromatic N) is 1. The average Bonchev–Trinajstić information content (AvgIpc) is 2.47. The predicted octanol–water partition coefficient (Wildman–Crippen LogP) is 1.03. The molecule has 3 amide bonds. The highest BCUT2D eigenvalue weighted by atomic mass is 16.6. The number of likely N-dealkylation sites (tertiary alicyclic amines) is 1. The van der Waals surface area contributed by atoms with Crippen LogP contribution in [0.2, 0.25) is 0 Å². The van der Waals surface area contributed by atoms with Crippen molar-refractivity contribution >= 4 is 17.9 Å². The fraction of sp³-hybridized carbons (Fsp3) is 0.800. The Labute approximate surface area is 131 Å². The van der Waals surface area contributed by atoms with Crippen LogP contribution in [-0.2, 0) is 14.3 Å². The van der Waals surface area contributed by atoms with E-state index in [-0.39, 0.29) is 36.4 Å². The first-order chi connectivity index (χ1) is 10.5. The van der Waals surface area contributed by atoms with Crippen LogP contribution < -0.4 is 10.6 Å². The van der Waals surface area contributed by atoms with Gasteiger partial charge in [-0.15, -0.1) is 0 Å². The van der Waals surface area contributed by atoms with Crippen LogP contribution >= 0.6 is 0 Å². The van der Waals surface area contributed by atoms with E-state index in [9.17, 15) is 14.4 Å². The lowest BCUT2D eigenvalue weighted by Crippen LogP contribution is -2.47. The number of piperidine rings is 1. The van der Waals surface area contributed by atoms with E-state index < -0.39 is 0 Å². The molecule has 0 aromatic heterocycles. The van der Waals surface area contributed by atoms with Gasteiger partial charge in [0.05, 0.1) is 6.61 Å². The van der Waals surface area contributed by atoms with Gasteiger partial charge in [0.2, 0.25) is 11.8 Å². The molecule has 0 saturated carbocycles. The zero-order valence-corrected chi connectivity index (χ0v) is 13.7. The molecule has 7 heteroatoms. The summed E-state index contributed by atoms with van der Waals surface area (Å²) < 4.78 is 4.94. The van der Waals surface area contributed by atoms with Gasteiger partial charge in [0.15, 0.2) is 0 Å². The van der Waals surface area contributed by atoms with E-state index >= 15 is 0 Å².